The van der Waals surface area contributed by atoms with Crippen molar-refractivity contribution in [1.82, 2.24) is 15.3 Å². The quantitative estimate of drug-likeness (QED) is 0.756. The van der Waals surface area contributed by atoms with Crippen LogP contribution in [0.5, 0.6) is 5.88 Å². The van der Waals surface area contributed by atoms with Crippen molar-refractivity contribution in [3.63, 3.8) is 0 Å². The van der Waals surface area contributed by atoms with E-state index in [2.05, 4.69) is 20.2 Å². The van der Waals surface area contributed by atoms with Gasteiger partial charge in [0.15, 0.2) is 5.82 Å². The fraction of sp³-hybridized carbons (Fsp3) is 0.600. The van der Waals surface area contributed by atoms with Gasteiger partial charge in [-0.2, -0.15) is 4.98 Å². The standard InChI is InChI=1S/C10H16N4O/c1-15-10-8-12-7-9(13-10)14-5-2-3-11-4-6-14/h7-8,11H,2-6H2,1H3. The molecule has 0 amide bonds. The van der Waals surface area contributed by atoms with Crippen LogP contribution in [0, 0.1) is 0 Å². The van der Waals surface area contributed by atoms with Crippen molar-refractivity contribution in [2.75, 3.05) is 38.2 Å². The lowest BCUT2D eigenvalue weighted by Crippen LogP contribution is -2.28. The summed E-state index contributed by atoms with van der Waals surface area (Å²) < 4.78 is 5.06. The normalized spacial score (nSPS) is 17.3. The summed E-state index contributed by atoms with van der Waals surface area (Å²) in [5, 5.41) is 3.35. The Kier molecular flexibility index (Phi) is 3.34. The van der Waals surface area contributed by atoms with Crippen LogP contribution in [0.15, 0.2) is 12.4 Å². The van der Waals surface area contributed by atoms with Crippen molar-refractivity contribution in [3.05, 3.63) is 12.4 Å². The van der Waals surface area contributed by atoms with Crippen LogP contribution in [-0.4, -0.2) is 43.3 Å². The van der Waals surface area contributed by atoms with Crippen LogP contribution in [0.1, 0.15) is 6.42 Å². The van der Waals surface area contributed by atoms with Gasteiger partial charge in [-0.05, 0) is 13.0 Å². The summed E-state index contributed by atoms with van der Waals surface area (Å²) in [6.45, 7) is 4.07. The number of anilines is 1. The zero-order valence-corrected chi connectivity index (χ0v) is 8.94. The molecular formula is C10H16N4O. The van der Waals surface area contributed by atoms with Gasteiger partial charge in [0.2, 0.25) is 5.88 Å². The van der Waals surface area contributed by atoms with Gasteiger partial charge in [0.1, 0.15) is 0 Å². The van der Waals surface area contributed by atoms with E-state index in [9.17, 15) is 0 Å². The molecule has 5 heteroatoms. The third kappa shape index (κ3) is 2.56. The Balaban J connectivity index is 2.12. The van der Waals surface area contributed by atoms with Crippen LogP contribution >= 0.6 is 0 Å². The fourth-order valence-electron chi connectivity index (χ4n) is 1.66. The molecule has 1 saturated heterocycles. The van der Waals surface area contributed by atoms with E-state index in [4.69, 9.17) is 4.74 Å². The Labute approximate surface area is 89.5 Å². The van der Waals surface area contributed by atoms with Gasteiger partial charge < -0.3 is 15.0 Å². The van der Waals surface area contributed by atoms with Gasteiger partial charge in [0.05, 0.1) is 19.5 Å². The minimum Gasteiger partial charge on any atom is -0.480 e. The smallest absolute Gasteiger partial charge is 0.233 e. The van der Waals surface area contributed by atoms with Crippen molar-refractivity contribution in [3.8, 4) is 5.88 Å². The van der Waals surface area contributed by atoms with E-state index >= 15 is 0 Å². The van der Waals surface area contributed by atoms with Crippen molar-refractivity contribution in [1.29, 1.82) is 0 Å². The predicted octanol–water partition coefficient (Wildman–Crippen LogP) is 0.285. The molecule has 15 heavy (non-hydrogen) atoms. The molecule has 1 fully saturated rings. The monoisotopic (exact) mass is 208 g/mol. The van der Waals surface area contributed by atoms with Crippen molar-refractivity contribution >= 4 is 5.82 Å². The third-order valence-electron chi connectivity index (χ3n) is 2.47. The van der Waals surface area contributed by atoms with E-state index in [0.717, 1.165) is 38.4 Å². The lowest BCUT2D eigenvalue weighted by Gasteiger charge is -2.20. The number of aromatic nitrogens is 2. The first-order chi connectivity index (χ1) is 7.40. The Hall–Kier alpha value is -1.36. The van der Waals surface area contributed by atoms with Gasteiger partial charge in [0, 0.05) is 19.6 Å². The highest BCUT2D eigenvalue weighted by Crippen LogP contribution is 2.14. The molecule has 5 nitrogen and oxygen atoms in total. The summed E-state index contributed by atoms with van der Waals surface area (Å²) >= 11 is 0. The molecule has 0 bridgehead atoms. The van der Waals surface area contributed by atoms with Gasteiger partial charge in [-0.15, -0.1) is 0 Å². The molecule has 1 aromatic rings. The van der Waals surface area contributed by atoms with Crippen LogP contribution in [0.2, 0.25) is 0 Å². The predicted molar refractivity (Wildman–Crippen MR) is 58.3 cm³/mol. The number of ether oxygens (including phenoxy) is 1. The highest BCUT2D eigenvalue weighted by molar-refractivity contribution is 5.37. The number of nitrogens with zero attached hydrogens (tertiary/aromatic N) is 3. The summed E-state index contributed by atoms with van der Waals surface area (Å²) in [4.78, 5) is 10.7. The first-order valence-electron chi connectivity index (χ1n) is 5.22. The van der Waals surface area contributed by atoms with Crippen molar-refractivity contribution in [2.24, 2.45) is 0 Å². The minimum atomic E-state index is 0.574. The van der Waals surface area contributed by atoms with Gasteiger partial charge in [-0.1, -0.05) is 0 Å². The lowest BCUT2D eigenvalue weighted by atomic mass is 10.4. The van der Waals surface area contributed by atoms with Gasteiger partial charge in [-0.3, -0.25) is 4.98 Å². The van der Waals surface area contributed by atoms with Crippen LogP contribution in [0.4, 0.5) is 5.82 Å². The van der Waals surface area contributed by atoms with Crippen LogP contribution in [0.3, 0.4) is 0 Å². The highest BCUT2D eigenvalue weighted by Gasteiger charge is 2.11. The molecule has 0 aromatic carbocycles. The first-order valence-corrected chi connectivity index (χ1v) is 5.22. The molecule has 2 rings (SSSR count). The summed E-state index contributed by atoms with van der Waals surface area (Å²) in [7, 11) is 1.61. The molecule has 1 aromatic heterocycles. The largest absolute Gasteiger partial charge is 0.480 e. The molecule has 1 N–H and O–H groups in total. The molecule has 82 valence electrons. The maximum Gasteiger partial charge on any atom is 0.233 e. The summed E-state index contributed by atoms with van der Waals surface area (Å²) in [6.07, 6.45) is 4.55. The van der Waals surface area contributed by atoms with Crippen molar-refractivity contribution in [2.45, 2.75) is 6.42 Å². The average molecular weight is 208 g/mol. The summed E-state index contributed by atoms with van der Waals surface area (Å²) in [5.74, 6) is 1.47. The Morgan fingerprint density at radius 1 is 1.33 bits per heavy atom. The van der Waals surface area contributed by atoms with Gasteiger partial charge in [0.25, 0.3) is 0 Å². The van der Waals surface area contributed by atoms with Crippen LogP contribution in [-0.2, 0) is 0 Å². The Morgan fingerprint density at radius 3 is 3.13 bits per heavy atom. The van der Waals surface area contributed by atoms with Crippen LogP contribution in [0.25, 0.3) is 0 Å². The second-order valence-electron chi connectivity index (χ2n) is 3.51. The first kappa shape index (κ1) is 10.2. The van der Waals surface area contributed by atoms with Gasteiger partial charge in [-0.25, -0.2) is 0 Å². The van der Waals surface area contributed by atoms with E-state index < -0.39 is 0 Å². The molecule has 0 spiro atoms. The van der Waals surface area contributed by atoms with Gasteiger partial charge >= 0.3 is 0 Å². The summed E-state index contributed by atoms with van der Waals surface area (Å²) in [5.41, 5.74) is 0. The van der Waals surface area contributed by atoms with Crippen molar-refractivity contribution < 1.29 is 4.74 Å². The molecule has 0 unspecified atom stereocenters. The van der Waals surface area contributed by atoms with E-state index in [1.165, 1.54) is 0 Å². The third-order valence-corrected chi connectivity index (χ3v) is 2.47. The molecule has 0 radical (unpaired) electrons. The maximum absolute atomic E-state index is 5.06. The molecule has 1 aliphatic rings. The number of rotatable bonds is 2. The van der Waals surface area contributed by atoms with E-state index in [1.807, 2.05) is 0 Å². The number of hydrogen-bond donors (Lipinski definition) is 1. The molecule has 0 saturated carbocycles. The van der Waals surface area contributed by atoms with E-state index in [-0.39, 0.29) is 0 Å². The number of methoxy groups -OCH3 is 1. The zero-order valence-electron chi connectivity index (χ0n) is 8.94. The summed E-state index contributed by atoms with van der Waals surface area (Å²) in [6, 6.07) is 0. The fourth-order valence-corrected chi connectivity index (χ4v) is 1.66. The SMILES string of the molecule is COc1cncc(N2CCCNCC2)n1. The minimum absolute atomic E-state index is 0.574. The van der Waals surface area contributed by atoms with Crippen LogP contribution < -0.4 is 15.0 Å². The lowest BCUT2D eigenvalue weighted by molar-refractivity contribution is 0.395. The Bertz CT molecular complexity index is 310. The molecule has 2 heterocycles. The highest BCUT2D eigenvalue weighted by atomic mass is 16.5. The topological polar surface area (TPSA) is 50.3 Å². The zero-order chi connectivity index (χ0) is 10.5. The molecule has 1 aliphatic heterocycles. The Morgan fingerprint density at radius 2 is 2.27 bits per heavy atom. The number of hydrogen-bond acceptors (Lipinski definition) is 5. The molecule has 0 atom stereocenters. The second kappa shape index (κ2) is 4.93. The second-order valence-corrected chi connectivity index (χ2v) is 3.51. The maximum atomic E-state index is 5.06. The van der Waals surface area contributed by atoms with E-state index in [1.54, 1.807) is 19.5 Å². The molecular weight excluding hydrogens is 192 g/mol. The number of nitrogens with one attached hydrogen (secondary N) is 1. The van der Waals surface area contributed by atoms with E-state index in [0.29, 0.717) is 5.88 Å². The average Bonchev–Trinajstić information content (AvgIpc) is 2.58. The molecule has 0 aliphatic carbocycles.